The van der Waals surface area contributed by atoms with Gasteiger partial charge in [0.1, 0.15) is 11.6 Å². The molecule has 0 bridgehead atoms. The molecule has 2 aromatic rings. The van der Waals surface area contributed by atoms with Gasteiger partial charge in [0.05, 0.1) is 17.8 Å². The van der Waals surface area contributed by atoms with Gasteiger partial charge in [0.25, 0.3) is 5.56 Å². The number of carbonyl (C=O) groups excluding carboxylic acids is 1. The molecular formula is C22H25N3O3. The Hall–Kier alpha value is -2.91. The van der Waals surface area contributed by atoms with Crippen LogP contribution in [0.4, 0.5) is 5.69 Å². The van der Waals surface area contributed by atoms with Crippen LogP contribution in [0.3, 0.4) is 0 Å². The number of fused-ring (bicyclic) bond motifs is 1. The molecule has 0 N–H and O–H groups in total. The van der Waals surface area contributed by atoms with Crippen LogP contribution in [0.1, 0.15) is 25.3 Å². The van der Waals surface area contributed by atoms with Gasteiger partial charge in [-0.05, 0) is 31.9 Å². The van der Waals surface area contributed by atoms with Crippen LogP contribution in [0.25, 0.3) is 10.9 Å². The third-order valence-corrected chi connectivity index (χ3v) is 5.34. The first-order valence-corrected chi connectivity index (χ1v) is 9.67. The lowest BCUT2D eigenvalue weighted by atomic mass is 9.91. The monoisotopic (exact) mass is 379 g/mol. The summed E-state index contributed by atoms with van der Waals surface area (Å²) < 4.78 is 7.04. The maximum absolute atomic E-state index is 13.1. The summed E-state index contributed by atoms with van der Waals surface area (Å²) in [5, 5.41) is 10.7. The van der Waals surface area contributed by atoms with Gasteiger partial charge in [0, 0.05) is 37.5 Å². The van der Waals surface area contributed by atoms with E-state index in [0.717, 1.165) is 10.9 Å². The number of nitriles is 1. The normalized spacial score (nSPS) is 14.8. The number of aromatic nitrogens is 1. The van der Waals surface area contributed by atoms with E-state index in [-0.39, 0.29) is 22.8 Å². The third kappa shape index (κ3) is 3.71. The number of anilines is 1. The standard InChI is InChI=1S/C22H25N3O3/c1-3-20(26)16-9-11-24(12-10-16)21-17-7-5-6-8-19(17)25(13-14-28-4-2)22(27)18(21)15-23/h3,5-8,16H,1,4,9-14H2,2H3. The van der Waals surface area contributed by atoms with Crippen LogP contribution in [0.5, 0.6) is 0 Å². The van der Waals surface area contributed by atoms with E-state index < -0.39 is 0 Å². The highest BCUT2D eigenvalue weighted by atomic mass is 16.5. The Labute approximate surface area is 164 Å². The van der Waals surface area contributed by atoms with Crippen molar-refractivity contribution < 1.29 is 9.53 Å². The lowest BCUT2D eigenvalue weighted by Gasteiger charge is -2.34. The van der Waals surface area contributed by atoms with E-state index in [1.807, 2.05) is 31.2 Å². The Kier molecular flexibility index (Phi) is 6.27. The van der Waals surface area contributed by atoms with E-state index in [1.165, 1.54) is 6.08 Å². The fraction of sp³-hybridized carbons (Fsp3) is 0.409. The van der Waals surface area contributed by atoms with Crippen LogP contribution >= 0.6 is 0 Å². The topological polar surface area (TPSA) is 75.3 Å². The number of benzene rings is 1. The van der Waals surface area contributed by atoms with Gasteiger partial charge in [-0.2, -0.15) is 5.26 Å². The van der Waals surface area contributed by atoms with Gasteiger partial charge in [0.15, 0.2) is 5.78 Å². The molecule has 1 saturated heterocycles. The molecule has 3 rings (SSSR count). The number of rotatable bonds is 7. The Morgan fingerprint density at radius 2 is 2.07 bits per heavy atom. The number of piperidine rings is 1. The summed E-state index contributed by atoms with van der Waals surface area (Å²) in [4.78, 5) is 27.1. The van der Waals surface area contributed by atoms with Crippen molar-refractivity contribution in [2.75, 3.05) is 31.2 Å². The van der Waals surface area contributed by atoms with Crippen LogP contribution < -0.4 is 10.5 Å². The Bertz CT molecular complexity index is 979. The molecule has 1 aromatic heterocycles. The smallest absolute Gasteiger partial charge is 0.271 e. The van der Waals surface area contributed by atoms with Crippen molar-refractivity contribution in [3.05, 3.63) is 52.8 Å². The summed E-state index contributed by atoms with van der Waals surface area (Å²) in [5.74, 6) is 0.0356. The fourth-order valence-corrected chi connectivity index (χ4v) is 3.90. The molecule has 146 valence electrons. The molecule has 6 nitrogen and oxygen atoms in total. The lowest BCUT2D eigenvalue weighted by Crippen LogP contribution is -2.38. The minimum absolute atomic E-state index is 0.0305. The first kappa shape index (κ1) is 19.8. The summed E-state index contributed by atoms with van der Waals surface area (Å²) >= 11 is 0. The van der Waals surface area contributed by atoms with Gasteiger partial charge in [-0.25, -0.2) is 0 Å². The third-order valence-electron chi connectivity index (χ3n) is 5.34. The van der Waals surface area contributed by atoms with Crippen molar-refractivity contribution in [2.24, 2.45) is 5.92 Å². The Morgan fingerprint density at radius 1 is 1.36 bits per heavy atom. The number of ketones is 1. The SMILES string of the molecule is C=CC(=O)C1CCN(c2c(C#N)c(=O)n(CCOCC)c3ccccc23)CC1. The molecule has 1 aliphatic heterocycles. The maximum Gasteiger partial charge on any atom is 0.271 e. The van der Waals surface area contributed by atoms with Gasteiger partial charge < -0.3 is 14.2 Å². The van der Waals surface area contributed by atoms with Gasteiger partial charge in [-0.3, -0.25) is 9.59 Å². The van der Waals surface area contributed by atoms with Gasteiger partial charge in [-0.1, -0.05) is 24.8 Å². The number of ether oxygens (including phenoxy) is 1. The summed E-state index contributed by atoms with van der Waals surface area (Å²) in [7, 11) is 0. The molecule has 2 heterocycles. The average Bonchev–Trinajstić information content (AvgIpc) is 2.74. The molecule has 0 spiro atoms. The van der Waals surface area contributed by atoms with Gasteiger partial charge >= 0.3 is 0 Å². The van der Waals surface area contributed by atoms with Crippen LogP contribution in [-0.2, 0) is 16.1 Å². The van der Waals surface area contributed by atoms with Crippen molar-refractivity contribution in [2.45, 2.75) is 26.3 Å². The van der Waals surface area contributed by atoms with Crippen molar-refractivity contribution in [1.82, 2.24) is 4.57 Å². The number of para-hydroxylation sites is 1. The summed E-state index contributed by atoms with van der Waals surface area (Å²) in [6, 6.07) is 9.79. The predicted molar refractivity (Wildman–Crippen MR) is 110 cm³/mol. The second kappa shape index (κ2) is 8.85. The average molecular weight is 379 g/mol. The summed E-state index contributed by atoms with van der Waals surface area (Å²) in [5.41, 5.74) is 1.34. The Balaban J connectivity index is 2.05. The molecule has 1 aliphatic rings. The second-order valence-electron chi connectivity index (χ2n) is 6.87. The molecule has 1 fully saturated rings. The quantitative estimate of drug-likeness (QED) is 0.546. The molecule has 28 heavy (non-hydrogen) atoms. The van der Waals surface area contributed by atoms with E-state index in [0.29, 0.717) is 51.4 Å². The number of allylic oxidation sites excluding steroid dienone is 1. The number of carbonyl (C=O) groups is 1. The van der Waals surface area contributed by atoms with Crippen molar-refractivity contribution in [3.8, 4) is 6.07 Å². The minimum atomic E-state index is -0.291. The van der Waals surface area contributed by atoms with E-state index in [1.54, 1.807) is 4.57 Å². The Morgan fingerprint density at radius 3 is 2.71 bits per heavy atom. The van der Waals surface area contributed by atoms with Crippen molar-refractivity contribution >= 4 is 22.4 Å². The zero-order chi connectivity index (χ0) is 20.1. The number of pyridine rings is 1. The first-order valence-electron chi connectivity index (χ1n) is 9.67. The molecule has 0 unspecified atom stereocenters. The molecule has 6 heteroatoms. The van der Waals surface area contributed by atoms with Crippen LogP contribution in [0.15, 0.2) is 41.7 Å². The maximum atomic E-state index is 13.1. The van der Waals surface area contributed by atoms with Gasteiger partial charge in [-0.15, -0.1) is 0 Å². The highest BCUT2D eigenvalue weighted by Gasteiger charge is 2.27. The molecule has 1 aromatic carbocycles. The highest BCUT2D eigenvalue weighted by molar-refractivity contribution is 5.95. The first-order chi connectivity index (χ1) is 13.6. The van der Waals surface area contributed by atoms with E-state index in [2.05, 4.69) is 17.5 Å². The van der Waals surface area contributed by atoms with Crippen molar-refractivity contribution in [1.29, 1.82) is 5.26 Å². The number of hydrogen-bond donors (Lipinski definition) is 0. The lowest BCUT2D eigenvalue weighted by molar-refractivity contribution is -0.118. The molecule has 0 amide bonds. The summed E-state index contributed by atoms with van der Waals surface area (Å²) in [6.07, 6.45) is 2.77. The molecule has 0 radical (unpaired) electrons. The van der Waals surface area contributed by atoms with Crippen LogP contribution in [-0.4, -0.2) is 36.7 Å². The number of hydrogen-bond acceptors (Lipinski definition) is 5. The summed E-state index contributed by atoms with van der Waals surface area (Å²) in [6.45, 7) is 8.14. The van der Waals surface area contributed by atoms with E-state index >= 15 is 0 Å². The largest absolute Gasteiger partial charge is 0.380 e. The van der Waals surface area contributed by atoms with Gasteiger partial charge in [0.2, 0.25) is 0 Å². The highest BCUT2D eigenvalue weighted by Crippen LogP contribution is 2.32. The zero-order valence-electron chi connectivity index (χ0n) is 16.2. The molecule has 0 aliphatic carbocycles. The fourth-order valence-electron chi connectivity index (χ4n) is 3.90. The van der Waals surface area contributed by atoms with Crippen molar-refractivity contribution in [3.63, 3.8) is 0 Å². The number of nitrogens with zero attached hydrogens (tertiary/aromatic N) is 3. The molecule has 0 saturated carbocycles. The zero-order valence-corrected chi connectivity index (χ0v) is 16.2. The van der Waals surface area contributed by atoms with Crippen LogP contribution in [0, 0.1) is 17.2 Å². The molecule has 0 atom stereocenters. The van der Waals surface area contributed by atoms with E-state index in [9.17, 15) is 14.9 Å². The van der Waals surface area contributed by atoms with E-state index in [4.69, 9.17) is 4.74 Å². The second-order valence-corrected chi connectivity index (χ2v) is 6.87. The molecular weight excluding hydrogens is 354 g/mol. The minimum Gasteiger partial charge on any atom is -0.380 e. The predicted octanol–water partition coefficient (Wildman–Crippen LogP) is 2.88. The van der Waals surface area contributed by atoms with Crippen LogP contribution in [0.2, 0.25) is 0 Å².